The van der Waals surface area contributed by atoms with Gasteiger partial charge in [0.25, 0.3) is 0 Å². The van der Waals surface area contributed by atoms with E-state index in [2.05, 4.69) is 219 Å². The highest BCUT2D eigenvalue weighted by atomic mass is 16.3. The van der Waals surface area contributed by atoms with E-state index in [9.17, 15) is 0 Å². The van der Waals surface area contributed by atoms with Crippen LogP contribution < -0.4 is 0 Å². The Balaban J connectivity index is 0.990. The highest BCUT2D eigenvalue weighted by Crippen LogP contribution is 2.45. The standard InChI is InChI=1S/C60H42N2O/c1-38-36-55(45-34-28-40(29-35-45)39-14-3-2-4-15-39)61-60(52-26-12-19-42-17-6-8-21-48(42)52)62-58(38)54-37-56-57(51-23-10-9-22-50(51)54)53-27-13-25-49(59(53)63-56)44-32-30-43(31-33-44)47-24-11-18-41-16-5-7-20-46(41)47/h2-35,37-38,58H,36H2,1H3/t38-,58?/m1/s1. The Hall–Kier alpha value is -7.88. The number of hydrogen-bond donors (Lipinski definition) is 0. The highest BCUT2D eigenvalue weighted by molar-refractivity contribution is 6.22. The Bertz CT molecular complexity index is 3590. The van der Waals surface area contributed by atoms with Crippen LogP contribution in [0.1, 0.15) is 36.1 Å². The molecule has 63 heavy (non-hydrogen) atoms. The number of nitrogens with zero attached hydrogens (tertiary/aromatic N) is 2. The number of furan rings is 1. The van der Waals surface area contributed by atoms with Crippen LogP contribution in [-0.4, -0.2) is 11.5 Å². The minimum atomic E-state index is -0.188. The summed E-state index contributed by atoms with van der Waals surface area (Å²) in [5, 5.41) is 9.41. The third-order valence-corrected chi connectivity index (χ3v) is 13.1. The predicted molar refractivity (Wildman–Crippen MR) is 265 cm³/mol. The fourth-order valence-electron chi connectivity index (χ4n) is 9.94. The first-order valence-electron chi connectivity index (χ1n) is 21.9. The molecule has 0 radical (unpaired) electrons. The molecule has 3 heteroatoms. The molecule has 0 N–H and O–H groups in total. The fraction of sp³-hybridized carbons (Fsp3) is 0.0667. The lowest BCUT2D eigenvalue weighted by atomic mass is 9.86. The van der Waals surface area contributed by atoms with Crippen LogP contribution in [0.4, 0.5) is 0 Å². The van der Waals surface area contributed by atoms with E-state index in [1.165, 1.54) is 49.2 Å². The van der Waals surface area contributed by atoms with Crippen molar-refractivity contribution in [3.63, 3.8) is 0 Å². The van der Waals surface area contributed by atoms with E-state index in [0.29, 0.717) is 0 Å². The summed E-state index contributed by atoms with van der Waals surface area (Å²) in [6.45, 7) is 2.33. The number of para-hydroxylation sites is 1. The molecule has 2 atom stereocenters. The van der Waals surface area contributed by atoms with Crippen molar-refractivity contribution in [2.75, 3.05) is 0 Å². The molecule has 2 heterocycles. The Morgan fingerprint density at radius 3 is 1.67 bits per heavy atom. The lowest BCUT2D eigenvalue weighted by molar-refractivity contribution is 0.495. The molecule has 3 nitrogen and oxygen atoms in total. The van der Waals surface area contributed by atoms with E-state index in [1.54, 1.807) is 0 Å². The minimum Gasteiger partial charge on any atom is -0.455 e. The monoisotopic (exact) mass is 806 g/mol. The molecular weight excluding hydrogens is 765 g/mol. The van der Waals surface area contributed by atoms with E-state index in [-0.39, 0.29) is 12.0 Å². The summed E-state index contributed by atoms with van der Waals surface area (Å²) in [4.78, 5) is 11.2. The molecule has 12 rings (SSSR count). The van der Waals surface area contributed by atoms with Gasteiger partial charge in [0.05, 0.1) is 11.8 Å². The molecular formula is C60H42N2O. The van der Waals surface area contributed by atoms with Gasteiger partial charge in [-0.25, -0.2) is 4.99 Å². The van der Waals surface area contributed by atoms with Crippen molar-refractivity contribution in [1.82, 2.24) is 0 Å². The summed E-state index contributed by atoms with van der Waals surface area (Å²) in [6, 6.07) is 75.9. The van der Waals surface area contributed by atoms with Gasteiger partial charge in [0, 0.05) is 21.9 Å². The Morgan fingerprint density at radius 1 is 0.429 bits per heavy atom. The minimum absolute atomic E-state index is 0.131. The molecule has 1 aliphatic rings. The topological polar surface area (TPSA) is 37.9 Å². The number of hydrogen-bond acceptors (Lipinski definition) is 3. The zero-order chi connectivity index (χ0) is 41.9. The number of fused-ring (bicyclic) bond motifs is 7. The van der Waals surface area contributed by atoms with Crippen molar-refractivity contribution in [3.05, 3.63) is 229 Å². The van der Waals surface area contributed by atoms with Crippen LogP contribution in [0, 0.1) is 5.92 Å². The SMILES string of the molecule is C[C@@H]1CC(c2ccc(-c3ccccc3)cc2)=NC(c2cccc3ccccc23)=NC1c1cc2oc3c(-c4ccc(-c5cccc6ccccc56)cc4)cccc3c2c2ccccc12. The molecule has 11 aromatic rings. The second-order valence-electron chi connectivity index (χ2n) is 16.9. The van der Waals surface area contributed by atoms with Crippen molar-refractivity contribution in [2.45, 2.75) is 19.4 Å². The van der Waals surface area contributed by atoms with Gasteiger partial charge in [0.15, 0.2) is 5.84 Å². The molecule has 0 amide bonds. The Kier molecular flexibility index (Phi) is 8.93. The maximum Gasteiger partial charge on any atom is 0.156 e. The number of benzene rings is 10. The molecule has 10 aromatic carbocycles. The van der Waals surface area contributed by atoms with Gasteiger partial charge in [0.2, 0.25) is 0 Å². The quantitative estimate of drug-likeness (QED) is 0.165. The zero-order valence-corrected chi connectivity index (χ0v) is 34.9. The van der Waals surface area contributed by atoms with Gasteiger partial charge >= 0.3 is 0 Å². The van der Waals surface area contributed by atoms with Crippen LogP contribution in [0.3, 0.4) is 0 Å². The number of rotatable bonds is 6. The van der Waals surface area contributed by atoms with Gasteiger partial charge in [-0.2, -0.15) is 0 Å². The lowest BCUT2D eigenvalue weighted by Gasteiger charge is -2.22. The van der Waals surface area contributed by atoms with Gasteiger partial charge in [0.1, 0.15) is 11.2 Å². The maximum absolute atomic E-state index is 7.05. The van der Waals surface area contributed by atoms with Crippen LogP contribution in [0.15, 0.2) is 227 Å². The maximum atomic E-state index is 7.05. The van der Waals surface area contributed by atoms with E-state index >= 15 is 0 Å². The van der Waals surface area contributed by atoms with Gasteiger partial charge in [-0.3, -0.25) is 4.99 Å². The first-order valence-corrected chi connectivity index (χ1v) is 21.9. The van der Waals surface area contributed by atoms with Crippen molar-refractivity contribution >= 4 is 65.8 Å². The summed E-state index contributed by atoms with van der Waals surface area (Å²) >= 11 is 0. The third kappa shape index (κ3) is 6.44. The lowest BCUT2D eigenvalue weighted by Crippen LogP contribution is -2.12. The van der Waals surface area contributed by atoms with Crippen molar-refractivity contribution in [2.24, 2.45) is 15.9 Å². The second-order valence-corrected chi connectivity index (χ2v) is 16.9. The van der Waals surface area contributed by atoms with E-state index in [1.807, 2.05) is 0 Å². The molecule has 0 fully saturated rings. The summed E-state index contributed by atoms with van der Waals surface area (Å²) < 4.78 is 7.05. The average Bonchev–Trinajstić information content (AvgIpc) is 3.64. The van der Waals surface area contributed by atoms with Gasteiger partial charge in [-0.15, -0.1) is 0 Å². The third-order valence-electron chi connectivity index (χ3n) is 13.1. The van der Waals surface area contributed by atoms with Crippen molar-refractivity contribution < 1.29 is 4.42 Å². The van der Waals surface area contributed by atoms with E-state index in [4.69, 9.17) is 14.4 Å². The van der Waals surface area contributed by atoms with E-state index in [0.717, 1.165) is 73.1 Å². The van der Waals surface area contributed by atoms with Crippen molar-refractivity contribution in [3.8, 4) is 33.4 Å². The van der Waals surface area contributed by atoms with Crippen LogP contribution in [0.2, 0.25) is 0 Å². The summed E-state index contributed by atoms with van der Waals surface area (Å²) in [7, 11) is 0. The smallest absolute Gasteiger partial charge is 0.156 e. The number of aliphatic imine (C=N–C) groups is 2. The fourth-order valence-corrected chi connectivity index (χ4v) is 9.94. The molecule has 0 saturated heterocycles. The molecule has 0 aliphatic carbocycles. The van der Waals surface area contributed by atoms with Gasteiger partial charge in [-0.1, -0.05) is 213 Å². The highest BCUT2D eigenvalue weighted by Gasteiger charge is 2.29. The Morgan fingerprint density at radius 2 is 0.937 bits per heavy atom. The predicted octanol–water partition coefficient (Wildman–Crippen LogP) is 16.1. The van der Waals surface area contributed by atoms with E-state index < -0.39 is 0 Å². The average molecular weight is 807 g/mol. The molecule has 0 bridgehead atoms. The second kappa shape index (κ2) is 15.2. The van der Waals surface area contributed by atoms with Gasteiger partial charge < -0.3 is 4.42 Å². The van der Waals surface area contributed by atoms with Crippen molar-refractivity contribution in [1.29, 1.82) is 0 Å². The molecule has 1 aromatic heterocycles. The molecule has 1 aliphatic heterocycles. The van der Waals surface area contributed by atoms with Gasteiger partial charge in [-0.05, 0) is 89.7 Å². The summed E-state index contributed by atoms with van der Waals surface area (Å²) in [5.41, 5.74) is 13.1. The molecule has 0 saturated carbocycles. The normalized spacial score (nSPS) is 15.5. The number of amidine groups is 1. The molecule has 298 valence electrons. The van der Waals surface area contributed by atoms with Crippen LogP contribution >= 0.6 is 0 Å². The first-order chi connectivity index (χ1) is 31.1. The largest absolute Gasteiger partial charge is 0.455 e. The summed E-state index contributed by atoms with van der Waals surface area (Å²) in [5.74, 6) is 0.886. The van der Waals surface area contributed by atoms with Crippen LogP contribution in [0.5, 0.6) is 0 Å². The first kappa shape index (κ1) is 36.9. The zero-order valence-electron chi connectivity index (χ0n) is 34.9. The Labute approximate surface area is 366 Å². The van der Waals surface area contributed by atoms with Crippen LogP contribution in [-0.2, 0) is 0 Å². The molecule has 1 unspecified atom stereocenters. The van der Waals surface area contributed by atoms with Crippen LogP contribution in [0.25, 0.3) is 87.6 Å². The molecule has 0 spiro atoms. The summed E-state index contributed by atoms with van der Waals surface area (Å²) in [6.07, 6.45) is 0.762.